The van der Waals surface area contributed by atoms with Crippen molar-refractivity contribution in [3.05, 3.63) is 84.5 Å². The number of aromatic hydroxyl groups is 1. The number of allylic oxidation sites excluding steroid dienone is 10. The minimum absolute atomic E-state index is 0.0443. The summed E-state index contributed by atoms with van der Waals surface area (Å²) >= 11 is 1.66. The van der Waals surface area contributed by atoms with Crippen LogP contribution in [-0.4, -0.2) is 52.2 Å². The Morgan fingerprint density at radius 2 is 1.40 bits per heavy atom. The number of phenols is 1. The van der Waals surface area contributed by atoms with Crippen molar-refractivity contribution in [3.8, 4) is 5.75 Å². The maximum absolute atomic E-state index is 12.5. The highest BCUT2D eigenvalue weighted by Crippen LogP contribution is 2.21. The van der Waals surface area contributed by atoms with Crippen molar-refractivity contribution in [2.24, 2.45) is 0 Å². The maximum Gasteiger partial charge on any atom is 0.339 e. The van der Waals surface area contributed by atoms with Crippen molar-refractivity contribution < 1.29 is 24.6 Å². The van der Waals surface area contributed by atoms with Crippen LogP contribution in [0.2, 0.25) is 0 Å². The Labute approximate surface area is 261 Å². The Balaban J connectivity index is 2.10. The number of carbonyl (C=O) groups excluding carboxylic acids is 2. The molecule has 0 aliphatic carbocycles. The third kappa shape index (κ3) is 19.2. The van der Waals surface area contributed by atoms with Crippen LogP contribution in [-0.2, 0) is 4.79 Å². The van der Waals surface area contributed by atoms with Crippen LogP contribution in [0, 0.1) is 0 Å². The van der Waals surface area contributed by atoms with Gasteiger partial charge in [0.25, 0.3) is 0 Å². The summed E-state index contributed by atoms with van der Waals surface area (Å²) in [4.78, 5) is 35.6. The first-order valence-corrected chi connectivity index (χ1v) is 16.2. The fraction of sp³-hybridized carbons (Fsp3) is 0.441. The molecule has 0 spiro atoms. The van der Waals surface area contributed by atoms with Gasteiger partial charge in [-0.2, -0.15) is 0 Å². The van der Waals surface area contributed by atoms with E-state index in [2.05, 4.69) is 83.6 Å². The van der Waals surface area contributed by atoms with Gasteiger partial charge in [-0.05, 0) is 81.7 Å². The van der Waals surface area contributed by atoms with Crippen molar-refractivity contribution in [1.29, 1.82) is 0 Å². The van der Waals surface area contributed by atoms with Crippen LogP contribution in [0.4, 0.5) is 10.5 Å². The van der Waals surface area contributed by atoms with Gasteiger partial charge in [0, 0.05) is 18.8 Å². The normalized spacial score (nSPS) is 12.6. The third-order valence-corrected chi connectivity index (χ3v) is 7.57. The average molecular weight is 612 g/mol. The van der Waals surface area contributed by atoms with E-state index in [0.717, 1.165) is 63.5 Å². The van der Waals surface area contributed by atoms with Crippen LogP contribution in [0.25, 0.3) is 0 Å². The smallest absolute Gasteiger partial charge is 0.339 e. The Hall–Kier alpha value is -3.72. The Morgan fingerprint density at radius 1 is 0.814 bits per heavy atom. The Morgan fingerprint density at radius 3 is 1.98 bits per heavy atom. The molecule has 0 saturated heterocycles. The lowest BCUT2D eigenvalue weighted by molar-refractivity contribution is -0.120. The van der Waals surface area contributed by atoms with Crippen LogP contribution in [0.15, 0.2) is 79.0 Å². The van der Waals surface area contributed by atoms with E-state index in [1.807, 2.05) is 6.92 Å². The highest BCUT2D eigenvalue weighted by atomic mass is 32.2. The molecule has 1 aromatic rings. The van der Waals surface area contributed by atoms with Crippen molar-refractivity contribution in [1.82, 2.24) is 10.6 Å². The number of hydrogen-bond acceptors (Lipinski definition) is 5. The molecule has 3 amide bonds. The molecule has 1 aromatic carbocycles. The van der Waals surface area contributed by atoms with Crippen LogP contribution in [0.5, 0.6) is 5.75 Å². The van der Waals surface area contributed by atoms with E-state index in [1.165, 1.54) is 18.2 Å². The number of carbonyl (C=O) groups is 3. The number of rotatable bonds is 22. The van der Waals surface area contributed by atoms with Gasteiger partial charge in [0.05, 0.1) is 5.25 Å². The highest BCUT2D eigenvalue weighted by Gasteiger charge is 2.16. The van der Waals surface area contributed by atoms with E-state index in [4.69, 9.17) is 5.11 Å². The third-order valence-electron chi connectivity index (χ3n) is 6.10. The SMILES string of the molecule is CCC=CCC=CCC=CCC=CCC=CCCCCS[C@H](CC)C(=O)NCCNC(=O)Nc1ccc(O)c(C(=O)O)c1. The lowest BCUT2D eigenvalue weighted by atomic mass is 10.2. The van der Waals surface area contributed by atoms with Crippen molar-refractivity contribution in [2.45, 2.75) is 76.9 Å². The predicted molar refractivity (Wildman–Crippen MR) is 180 cm³/mol. The Kier molecular flexibility index (Phi) is 21.5. The summed E-state index contributed by atoms with van der Waals surface area (Å²) in [5, 5.41) is 26.5. The zero-order valence-corrected chi connectivity index (χ0v) is 26.4. The van der Waals surface area contributed by atoms with Gasteiger partial charge < -0.3 is 26.2 Å². The first kappa shape index (κ1) is 37.3. The van der Waals surface area contributed by atoms with E-state index in [1.54, 1.807) is 11.8 Å². The molecular weight excluding hydrogens is 562 g/mol. The minimum Gasteiger partial charge on any atom is -0.507 e. The predicted octanol–water partition coefficient (Wildman–Crippen LogP) is 7.76. The number of thioether (sulfide) groups is 1. The summed E-state index contributed by atoms with van der Waals surface area (Å²) in [6.07, 6.45) is 30.9. The number of nitrogens with one attached hydrogen (secondary N) is 3. The molecule has 1 atom stereocenters. The minimum atomic E-state index is -1.29. The molecule has 0 unspecified atom stereocenters. The molecule has 0 aromatic heterocycles. The quantitative estimate of drug-likeness (QED) is 0.0518. The molecule has 0 bridgehead atoms. The van der Waals surface area contributed by atoms with Gasteiger partial charge in [0.15, 0.2) is 0 Å². The zero-order chi connectivity index (χ0) is 31.5. The van der Waals surface area contributed by atoms with E-state index >= 15 is 0 Å². The fourth-order valence-electron chi connectivity index (χ4n) is 3.77. The summed E-state index contributed by atoms with van der Waals surface area (Å²) < 4.78 is 0. The van der Waals surface area contributed by atoms with Gasteiger partial charge in [-0.15, -0.1) is 11.8 Å². The second-order valence-corrected chi connectivity index (χ2v) is 11.0. The molecule has 8 nitrogen and oxygen atoms in total. The zero-order valence-electron chi connectivity index (χ0n) is 25.6. The van der Waals surface area contributed by atoms with Crippen LogP contribution in [0.3, 0.4) is 0 Å². The van der Waals surface area contributed by atoms with E-state index in [9.17, 15) is 19.5 Å². The van der Waals surface area contributed by atoms with Crippen molar-refractivity contribution in [2.75, 3.05) is 24.2 Å². The van der Waals surface area contributed by atoms with Gasteiger partial charge in [0.2, 0.25) is 5.91 Å². The highest BCUT2D eigenvalue weighted by molar-refractivity contribution is 8.00. The molecule has 0 aliphatic heterocycles. The number of amides is 3. The van der Waals surface area contributed by atoms with E-state index in [-0.39, 0.29) is 41.2 Å². The van der Waals surface area contributed by atoms with E-state index in [0.29, 0.717) is 0 Å². The van der Waals surface area contributed by atoms with Gasteiger partial charge in [-0.3, -0.25) is 4.79 Å². The van der Waals surface area contributed by atoms with Crippen molar-refractivity contribution >= 4 is 35.4 Å². The average Bonchev–Trinajstić information content (AvgIpc) is 2.99. The number of carboxylic acid groups (broad SMARTS) is 1. The fourth-order valence-corrected chi connectivity index (χ4v) is 4.90. The van der Waals surface area contributed by atoms with Crippen LogP contribution < -0.4 is 16.0 Å². The number of hydrogen-bond donors (Lipinski definition) is 5. The number of unbranched alkanes of at least 4 members (excludes halogenated alkanes) is 2. The maximum atomic E-state index is 12.5. The molecule has 9 heteroatoms. The number of anilines is 1. The molecule has 0 saturated carbocycles. The number of benzene rings is 1. The molecule has 0 fully saturated rings. The molecule has 0 radical (unpaired) electrons. The second-order valence-electron chi connectivity index (χ2n) is 9.68. The first-order valence-electron chi connectivity index (χ1n) is 15.1. The molecule has 236 valence electrons. The topological polar surface area (TPSA) is 128 Å². The summed E-state index contributed by atoms with van der Waals surface area (Å²) in [6.45, 7) is 4.63. The lowest BCUT2D eigenvalue weighted by Gasteiger charge is -2.15. The summed E-state index contributed by atoms with van der Waals surface area (Å²) in [5.41, 5.74) is -0.0668. The molecule has 0 heterocycles. The number of aromatic carboxylic acids is 1. The summed E-state index contributed by atoms with van der Waals surface area (Å²) in [7, 11) is 0. The van der Waals surface area contributed by atoms with Gasteiger partial charge in [-0.25, -0.2) is 9.59 Å². The largest absolute Gasteiger partial charge is 0.507 e. The van der Waals surface area contributed by atoms with Gasteiger partial charge in [-0.1, -0.05) is 74.6 Å². The molecule has 43 heavy (non-hydrogen) atoms. The molecular formula is C34H49N3O5S. The lowest BCUT2D eigenvalue weighted by Crippen LogP contribution is -2.39. The van der Waals surface area contributed by atoms with Gasteiger partial charge >= 0.3 is 12.0 Å². The van der Waals surface area contributed by atoms with E-state index < -0.39 is 12.0 Å². The Bertz CT molecular complexity index is 1110. The summed E-state index contributed by atoms with van der Waals surface area (Å²) in [5.74, 6) is -0.799. The standard InChI is InChI=1S/C34H49N3O5S/c1-3-5-6-7-8-9-10-11-12-13-14-15-16-17-18-19-20-21-26-43-31(4-2)32(39)35-24-25-36-34(42)37-28-22-23-30(38)29(27-28)33(40)41/h5-6,8-9,11-12,14-15,17-18,22-23,27,31,38H,3-4,7,10,13,16,19-21,24-26H2,1-2H3,(H,35,39)(H,40,41)(H2,36,37,42)/t31-/m1/s1. The van der Waals surface area contributed by atoms with Crippen LogP contribution in [0.1, 0.15) is 82.0 Å². The molecule has 1 rings (SSSR count). The van der Waals surface area contributed by atoms with Crippen molar-refractivity contribution in [3.63, 3.8) is 0 Å². The molecule has 0 aliphatic rings. The van der Waals surface area contributed by atoms with Gasteiger partial charge in [0.1, 0.15) is 11.3 Å². The molecule has 5 N–H and O–H groups in total. The van der Waals surface area contributed by atoms with Crippen LogP contribution >= 0.6 is 11.8 Å². The second kappa shape index (κ2) is 24.8. The number of carboxylic acids is 1. The number of urea groups is 1. The summed E-state index contributed by atoms with van der Waals surface area (Å²) in [6, 6.07) is 3.23. The monoisotopic (exact) mass is 611 g/mol. The first-order chi connectivity index (χ1) is 20.9.